The lowest BCUT2D eigenvalue weighted by molar-refractivity contribution is -0.132. The van der Waals surface area contributed by atoms with Crippen LogP contribution in [0.25, 0.3) is 0 Å². The molecule has 3 heterocycles. The summed E-state index contributed by atoms with van der Waals surface area (Å²) in [6, 6.07) is -0.432. The number of likely N-dealkylation sites (tertiary alicyclic amines) is 1. The number of aryl methyl sites for hydroxylation is 1. The van der Waals surface area contributed by atoms with Gasteiger partial charge in [0.05, 0.1) is 6.54 Å². The van der Waals surface area contributed by atoms with Gasteiger partial charge in [-0.05, 0) is 26.7 Å². The van der Waals surface area contributed by atoms with Crippen molar-refractivity contribution in [2.24, 2.45) is 0 Å². The SMILES string of the molecule is CCCc1noc(CN2CC[C@]3(C2)NC(=O)N(C(C)C)C3=O)n1. The molecule has 3 amide bonds. The van der Waals surface area contributed by atoms with E-state index in [0.717, 1.165) is 12.8 Å². The first kappa shape index (κ1) is 15.9. The highest BCUT2D eigenvalue weighted by molar-refractivity contribution is 6.07. The molecular formula is C15H23N5O3. The molecule has 0 aromatic carbocycles. The van der Waals surface area contributed by atoms with Crippen molar-refractivity contribution in [3.8, 4) is 0 Å². The van der Waals surface area contributed by atoms with E-state index in [1.807, 2.05) is 13.8 Å². The monoisotopic (exact) mass is 321 g/mol. The van der Waals surface area contributed by atoms with Crippen molar-refractivity contribution in [2.45, 2.75) is 58.2 Å². The second kappa shape index (κ2) is 5.92. The minimum absolute atomic E-state index is 0.128. The van der Waals surface area contributed by atoms with Gasteiger partial charge in [0.2, 0.25) is 5.89 Å². The first-order valence-electron chi connectivity index (χ1n) is 8.15. The van der Waals surface area contributed by atoms with Crippen molar-refractivity contribution in [2.75, 3.05) is 13.1 Å². The largest absolute Gasteiger partial charge is 0.338 e. The van der Waals surface area contributed by atoms with E-state index in [-0.39, 0.29) is 18.0 Å². The van der Waals surface area contributed by atoms with Crippen LogP contribution >= 0.6 is 0 Å². The zero-order valence-electron chi connectivity index (χ0n) is 13.8. The third kappa shape index (κ3) is 2.83. The third-order valence-electron chi connectivity index (χ3n) is 4.40. The van der Waals surface area contributed by atoms with Crippen LogP contribution in [-0.4, -0.2) is 56.5 Å². The molecule has 0 unspecified atom stereocenters. The van der Waals surface area contributed by atoms with Gasteiger partial charge in [-0.2, -0.15) is 4.98 Å². The standard InChI is InChI=1S/C15H23N5O3/c1-4-5-11-16-12(23-18-11)8-19-7-6-15(9-19)13(21)20(10(2)3)14(22)17-15/h10H,4-9H2,1-3H3,(H,17,22)/t15-/m1/s1. The Hall–Kier alpha value is -1.96. The number of hydrogen-bond acceptors (Lipinski definition) is 6. The summed E-state index contributed by atoms with van der Waals surface area (Å²) in [6.45, 7) is 7.45. The molecule has 1 N–H and O–H groups in total. The molecule has 0 bridgehead atoms. The Morgan fingerprint density at radius 2 is 2.17 bits per heavy atom. The van der Waals surface area contributed by atoms with Crippen LogP contribution in [0.4, 0.5) is 4.79 Å². The van der Waals surface area contributed by atoms with Crippen LogP contribution in [-0.2, 0) is 17.8 Å². The molecule has 1 spiro atoms. The van der Waals surface area contributed by atoms with E-state index < -0.39 is 5.54 Å². The Morgan fingerprint density at radius 3 is 2.83 bits per heavy atom. The molecule has 8 heteroatoms. The fourth-order valence-corrected chi connectivity index (χ4v) is 3.28. The van der Waals surface area contributed by atoms with Gasteiger partial charge in [0.25, 0.3) is 5.91 Å². The number of carbonyl (C=O) groups is 2. The van der Waals surface area contributed by atoms with Crippen LogP contribution < -0.4 is 5.32 Å². The van der Waals surface area contributed by atoms with Gasteiger partial charge in [0.1, 0.15) is 5.54 Å². The summed E-state index contributed by atoms with van der Waals surface area (Å²) in [5.74, 6) is 1.15. The highest BCUT2D eigenvalue weighted by atomic mass is 16.5. The quantitative estimate of drug-likeness (QED) is 0.811. The van der Waals surface area contributed by atoms with Gasteiger partial charge in [0.15, 0.2) is 5.82 Å². The molecule has 23 heavy (non-hydrogen) atoms. The lowest BCUT2D eigenvalue weighted by Crippen LogP contribution is -2.49. The Morgan fingerprint density at radius 1 is 1.39 bits per heavy atom. The lowest BCUT2D eigenvalue weighted by atomic mass is 9.99. The van der Waals surface area contributed by atoms with Crippen LogP contribution in [0, 0.1) is 0 Å². The van der Waals surface area contributed by atoms with Gasteiger partial charge in [-0.25, -0.2) is 4.79 Å². The van der Waals surface area contributed by atoms with Crippen LogP contribution in [0.15, 0.2) is 4.52 Å². The Labute approximate surface area is 135 Å². The minimum Gasteiger partial charge on any atom is -0.338 e. The molecule has 1 atom stereocenters. The molecule has 0 radical (unpaired) electrons. The fraction of sp³-hybridized carbons (Fsp3) is 0.733. The van der Waals surface area contributed by atoms with Crippen molar-refractivity contribution in [1.29, 1.82) is 0 Å². The molecule has 3 rings (SSSR count). The Balaban J connectivity index is 1.66. The predicted molar refractivity (Wildman–Crippen MR) is 81.4 cm³/mol. The van der Waals surface area contributed by atoms with E-state index in [2.05, 4.69) is 27.3 Å². The van der Waals surface area contributed by atoms with E-state index >= 15 is 0 Å². The van der Waals surface area contributed by atoms with Gasteiger partial charge >= 0.3 is 6.03 Å². The first-order valence-corrected chi connectivity index (χ1v) is 8.15. The van der Waals surface area contributed by atoms with Gasteiger partial charge in [-0.1, -0.05) is 12.1 Å². The third-order valence-corrected chi connectivity index (χ3v) is 4.40. The number of aromatic nitrogens is 2. The number of carbonyl (C=O) groups excluding carboxylic acids is 2. The average Bonchev–Trinajstić information content (AvgIpc) is 3.13. The van der Waals surface area contributed by atoms with E-state index in [1.54, 1.807) is 0 Å². The van der Waals surface area contributed by atoms with Gasteiger partial charge in [-0.3, -0.25) is 14.6 Å². The molecule has 0 aliphatic carbocycles. The minimum atomic E-state index is -0.798. The van der Waals surface area contributed by atoms with E-state index in [0.29, 0.717) is 37.8 Å². The summed E-state index contributed by atoms with van der Waals surface area (Å²) in [5.41, 5.74) is -0.798. The number of amides is 3. The van der Waals surface area contributed by atoms with Crippen molar-refractivity contribution in [3.05, 3.63) is 11.7 Å². The summed E-state index contributed by atoms with van der Waals surface area (Å²) < 4.78 is 5.25. The highest BCUT2D eigenvalue weighted by Gasteiger charge is 2.55. The summed E-state index contributed by atoms with van der Waals surface area (Å²) in [5, 5.41) is 6.82. The van der Waals surface area contributed by atoms with Gasteiger partial charge in [-0.15, -0.1) is 0 Å². The van der Waals surface area contributed by atoms with E-state index in [9.17, 15) is 9.59 Å². The van der Waals surface area contributed by atoms with Crippen molar-refractivity contribution < 1.29 is 14.1 Å². The summed E-state index contributed by atoms with van der Waals surface area (Å²) in [7, 11) is 0. The molecule has 2 fully saturated rings. The van der Waals surface area contributed by atoms with Gasteiger partial charge in [0, 0.05) is 25.6 Å². The number of rotatable bonds is 5. The molecule has 1 aromatic heterocycles. The van der Waals surface area contributed by atoms with Crippen LogP contribution in [0.1, 0.15) is 45.3 Å². The predicted octanol–water partition coefficient (Wildman–Crippen LogP) is 0.927. The van der Waals surface area contributed by atoms with Crippen molar-refractivity contribution in [3.63, 3.8) is 0 Å². The zero-order chi connectivity index (χ0) is 16.6. The molecule has 126 valence electrons. The maximum atomic E-state index is 12.6. The highest BCUT2D eigenvalue weighted by Crippen LogP contribution is 2.30. The van der Waals surface area contributed by atoms with Crippen molar-refractivity contribution >= 4 is 11.9 Å². The Kier molecular flexibility index (Phi) is 4.09. The second-order valence-electron chi connectivity index (χ2n) is 6.60. The van der Waals surface area contributed by atoms with E-state index in [4.69, 9.17) is 4.52 Å². The molecule has 0 saturated carbocycles. The number of urea groups is 1. The number of hydrogen-bond donors (Lipinski definition) is 1. The second-order valence-corrected chi connectivity index (χ2v) is 6.60. The van der Waals surface area contributed by atoms with Gasteiger partial charge < -0.3 is 9.84 Å². The molecule has 2 aliphatic heterocycles. The van der Waals surface area contributed by atoms with Crippen LogP contribution in [0.3, 0.4) is 0 Å². The molecule has 2 saturated heterocycles. The van der Waals surface area contributed by atoms with Crippen LogP contribution in [0.2, 0.25) is 0 Å². The molecular weight excluding hydrogens is 298 g/mol. The molecule has 1 aromatic rings. The number of nitrogens with one attached hydrogen (secondary N) is 1. The number of imide groups is 1. The summed E-state index contributed by atoms with van der Waals surface area (Å²) in [6.07, 6.45) is 2.37. The topological polar surface area (TPSA) is 91.6 Å². The first-order chi connectivity index (χ1) is 10.9. The maximum Gasteiger partial charge on any atom is 0.325 e. The maximum absolute atomic E-state index is 12.6. The van der Waals surface area contributed by atoms with Crippen molar-refractivity contribution in [1.82, 2.24) is 25.3 Å². The Bertz CT molecular complexity index is 614. The van der Waals surface area contributed by atoms with Crippen LogP contribution in [0.5, 0.6) is 0 Å². The molecule has 2 aliphatic rings. The van der Waals surface area contributed by atoms with E-state index in [1.165, 1.54) is 4.90 Å². The normalized spacial score (nSPS) is 25.1. The zero-order valence-corrected chi connectivity index (χ0v) is 13.8. The number of nitrogens with zero attached hydrogens (tertiary/aromatic N) is 4. The fourth-order valence-electron chi connectivity index (χ4n) is 3.28. The smallest absolute Gasteiger partial charge is 0.325 e. The lowest BCUT2D eigenvalue weighted by Gasteiger charge is -2.22. The summed E-state index contributed by atoms with van der Waals surface area (Å²) >= 11 is 0. The average molecular weight is 321 g/mol. The molecule has 8 nitrogen and oxygen atoms in total. The summed E-state index contributed by atoms with van der Waals surface area (Å²) in [4.78, 5) is 32.4.